The Morgan fingerprint density at radius 3 is 2.27 bits per heavy atom. The zero-order chi connectivity index (χ0) is 41.7. The number of imide groups is 1. The topological polar surface area (TPSA) is 127 Å². The molecule has 0 radical (unpaired) electrons. The molecule has 9 rings (SSSR count). The van der Waals surface area contributed by atoms with E-state index < -0.39 is 19.2 Å². The first-order chi connectivity index (χ1) is 28.9. The van der Waals surface area contributed by atoms with Crippen LogP contribution in [-0.4, -0.2) is 119 Å². The highest BCUT2D eigenvalue weighted by molar-refractivity contribution is 6.21. The van der Waals surface area contributed by atoms with Crippen molar-refractivity contribution < 1.29 is 37.2 Å². The average molecular weight is 833 g/mol. The van der Waals surface area contributed by atoms with Gasteiger partial charge in [0.25, 0.3) is 17.4 Å². The lowest BCUT2D eigenvalue weighted by Gasteiger charge is -2.45. The molecule has 2 aromatic carbocycles. The van der Waals surface area contributed by atoms with Gasteiger partial charge in [0.05, 0.1) is 35.4 Å². The summed E-state index contributed by atoms with van der Waals surface area (Å²) in [6.07, 6.45) is 0.813. The Morgan fingerprint density at radius 2 is 1.57 bits per heavy atom. The molecule has 14 nitrogen and oxygen atoms in total. The van der Waals surface area contributed by atoms with Crippen molar-refractivity contribution >= 4 is 28.5 Å². The first-order valence-corrected chi connectivity index (χ1v) is 21.0. The number of alkyl halides is 3. The summed E-state index contributed by atoms with van der Waals surface area (Å²) in [6, 6.07) is 13.2. The van der Waals surface area contributed by atoms with Crippen LogP contribution < -0.4 is 16.1 Å². The van der Waals surface area contributed by atoms with Crippen LogP contribution in [0.15, 0.2) is 53.5 Å². The van der Waals surface area contributed by atoms with Crippen LogP contribution in [0.1, 0.15) is 70.1 Å². The zero-order valence-electron chi connectivity index (χ0n) is 34.0. The number of hydrogen-bond donors (Lipinski definition) is 1. The third kappa shape index (κ3) is 8.35. The number of imidazole rings is 1. The molecule has 1 N–H and O–H groups in total. The maximum absolute atomic E-state index is 13.2. The molecule has 0 aliphatic carbocycles. The Bertz CT molecular complexity index is 2280. The van der Waals surface area contributed by atoms with Crippen LogP contribution >= 0.6 is 0 Å². The van der Waals surface area contributed by atoms with Crippen LogP contribution in [0.2, 0.25) is 0 Å². The molecule has 4 saturated heterocycles. The quantitative estimate of drug-likeness (QED) is 0.204. The number of hydrogen-bond acceptors (Lipinski definition) is 11. The van der Waals surface area contributed by atoms with Crippen LogP contribution in [0.5, 0.6) is 0 Å². The molecule has 4 aromatic rings. The molecule has 0 spiro atoms. The number of nitrogens with zero attached hydrogens (tertiary/aromatic N) is 7. The van der Waals surface area contributed by atoms with Crippen molar-refractivity contribution in [1.82, 2.24) is 34.5 Å². The minimum absolute atomic E-state index is 0.0282. The minimum atomic E-state index is -4.71. The third-order valence-electron chi connectivity index (χ3n) is 13.0. The predicted molar refractivity (Wildman–Crippen MR) is 216 cm³/mol. The molecule has 2 aromatic heterocycles. The normalized spacial score (nSPS) is 21.6. The first-order valence-electron chi connectivity index (χ1n) is 21.0. The van der Waals surface area contributed by atoms with Gasteiger partial charge in [-0.2, -0.15) is 0 Å². The van der Waals surface area contributed by atoms with Crippen molar-refractivity contribution in [3.63, 3.8) is 0 Å². The van der Waals surface area contributed by atoms with E-state index in [1.165, 1.54) is 4.90 Å². The second kappa shape index (κ2) is 16.7. The second-order valence-corrected chi connectivity index (χ2v) is 17.0. The number of carbonyl (C=O) groups excluding carboxylic acids is 2. The number of aryl methyl sites for hydroxylation is 2. The fourth-order valence-corrected chi connectivity index (χ4v) is 9.74. The maximum atomic E-state index is 13.2. The highest BCUT2D eigenvalue weighted by Crippen LogP contribution is 2.35. The van der Waals surface area contributed by atoms with E-state index in [9.17, 15) is 27.6 Å². The van der Waals surface area contributed by atoms with Gasteiger partial charge in [-0.3, -0.25) is 28.8 Å². The molecule has 4 fully saturated rings. The number of benzene rings is 2. The Hall–Kier alpha value is -4.65. The van der Waals surface area contributed by atoms with Gasteiger partial charge in [0.15, 0.2) is 6.23 Å². The molecule has 1 unspecified atom stereocenters. The molecule has 320 valence electrons. The van der Waals surface area contributed by atoms with Crippen molar-refractivity contribution in [3.05, 3.63) is 81.5 Å². The zero-order valence-corrected chi connectivity index (χ0v) is 34.0. The number of likely N-dealkylation sites (tertiary alicyclic amines) is 2. The van der Waals surface area contributed by atoms with Crippen molar-refractivity contribution in [3.8, 4) is 11.1 Å². The van der Waals surface area contributed by atoms with Crippen LogP contribution in [0, 0.1) is 18.8 Å². The fourth-order valence-electron chi connectivity index (χ4n) is 9.74. The predicted octanol–water partition coefficient (Wildman–Crippen LogP) is 5.05. The summed E-state index contributed by atoms with van der Waals surface area (Å²) in [6.45, 7) is 9.49. The molecule has 2 amide bonds. The van der Waals surface area contributed by atoms with Gasteiger partial charge < -0.3 is 23.8 Å². The highest BCUT2D eigenvalue weighted by atomic mass is 19.4. The number of halogens is 3. The van der Waals surface area contributed by atoms with Crippen LogP contribution in [-0.2, 0) is 28.0 Å². The first kappa shape index (κ1) is 40.7. The smallest absolute Gasteiger partial charge is 0.371 e. The number of anilines is 1. The summed E-state index contributed by atoms with van der Waals surface area (Å²) in [5.74, 6) is 1.40. The highest BCUT2D eigenvalue weighted by Gasteiger charge is 2.42. The minimum Gasteiger partial charge on any atom is -0.371 e. The van der Waals surface area contributed by atoms with E-state index in [4.69, 9.17) is 14.7 Å². The summed E-state index contributed by atoms with van der Waals surface area (Å²) >= 11 is 0. The summed E-state index contributed by atoms with van der Waals surface area (Å²) in [7, 11) is 1.71. The van der Waals surface area contributed by atoms with Gasteiger partial charge >= 0.3 is 6.36 Å². The van der Waals surface area contributed by atoms with Gasteiger partial charge in [-0.15, -0.1) is 13.2 Å². The summed E-state index contributed by atoms with van der Waals surface area (Å²) in [5.41, 5.74) is 7.84. The van der Waals surface area contributed by atoms with Gasteiger partial charge in [0.2, 0.25) is 0 Å². The number of amides is 2. The maximum Gasteiger partial charge on any atom is 0.522 e. The van der Waals surface area contributed by atoms with E-state index in [1.807, 2.05) is 41.0 Å². The molecule has 17 heteroatoms. The number of fused-ring (bicyclic) bond motifs is 2. The van der Waals surface area contributed by atoms with E-state index in [0.29, 0.717) is 41.6 Å². The van der Waals surface area contributed by atoms with Crippen LogP contribution in [0.4, 0.5) is 18.9 Å². The Morgan fingerprint density at radius 1 is 0.850 bits per heavy atom. The number of carbonyl (C=O) groups is 2. The monoisotopic (exact) mass is 832 g/mol. The molecule has 0 saturated carbocycles. The Balaban J connectivity index is 0.759. The van der Waals surface area contributed by atoms with Crippen molar-refractivity contribution in [2.24, 2.45) is 18.9 Å². The molecule has 5 aliphatic heterocycles. The SMILES string of the molecule is Cc1cc(-c2ccc3nc(C4CCN(CC5CCN(CC6CN(c7ccc8c(c7)C(=O)N(C7CCONO7)C8=O)C6)CC5)CC4)n(CCOC(F)(F)F)c3c2)cn(C)c1=O. The Labute approximate surface area is 345 Å². The molecule has 1 atom stereocenters. The average Bonchev–Trinajstić information content (AvgIpc) is 3.71. The number of pyridine rings is 1. The number of piperidine rings is 2. The lowest BCUT2D eigenvalue weighted by molar-refractivity contribution is -0.325. The summed E-state index contributed by atoms with van der Waals surface area (Å²) in [5, 5.41) is 0. The lowest BCUT2D eigenvalue weighted by atomic mass is 9.91. The number of nitrogens with one attached hydrogen (secondary N) is 1. The van der Waals surface area contributed by atoms with Gasteiger partial charge in [-0.1, -0.05) is 11.7 Å². The van der Waals surface area contributed by atoms with Crippen molar-refractivity contribution in [2.45, 2.75) is 64.1 Å². The van der Waals surface area contributed by atoms with E-state index in [0.717, 1.165) is 112 Å². The molecule has 0 bridgehead atoms. The fraction of sp³-hybridized carbons (Fsp3) is 0.535. The lowest BCUT2D eigenvalue weighted by Crippen LogP contribution is -2.53. The largest absolute Gasteiger partial charge is 0.522 e. The van der Waals surface area contributed by atoms with E-state index >= 15 is 0 Å². The summed E-state index contributed by atoms with van der Waals surface area (Å²) in [4.78, 5) is 62.3. The van der Waals surface area contributed by atoms with Crippen molar-refractivity contribution in [1.29, 1.82) is 0 Å². The van der Waals surface area contributed by atoms with Crippen LogP contribution in [0.3, 0.4) is 0 Å². The number of aromatic nitrogens is 3. The van der Waals surface area contributed by atoms with Gasteiger partial charge in [0, 0.05) is 75.5 Å². The second-order valence-electron chi connectivity index (χ2n) is 17.0. The van der Waals surface area contributed by atoms with Gasteiger partial charge in [-0.05, 0) is 112 Å². The van der Waals surface area contributed by atoms with E-state index in [2.05, 4.69) is 25.1 Å². The van der Waals surface area contributed by atoms with Crippen LogP contribution in [0.25, 0.3) is 22.2 Å². The molecule has 60 heavy (non-hydrogen) atoms. The summed E-state index contributed by atoms with van der Waals surface area (Å²) < 4.78 is 46.8. The molecule has 7 heterocycles. The van der Waals surface area contributed by atoms with E-state index in [1.54, 1.807) is 30.8 Å². The van der Waals surface area contributed by atoms with E-state index in [-0.39, 0.29) is 29.8 Å². The Kier molecular flexibility index (Phi) is 11.3. The molecular weight excluding hydrogens is 782 g/mol. The standard InChI is InChI=1S/C43H51F3N8O6/c1-27-19-32(26-49(2)40(27)55)31-3-6-36-37(20-31)53(16-18-58-43(44,45)46)39(47-36)30-9-14-51(15-10-30)22-28-7-12-50(13-8-28)23-29-24-52(25-29)33-4-5-34-35(21-33)42(57)54(41(34)56)38-11-17-59-48-60-38/h3-6,19-21,26,28-30,38,48H,7-18,22-25H2,1-2H3. The van der Waals surface area contributed by atoms with Crippen molar-refractivity contribution in [2.75, 3.05) is 70.5 Å². The third-order valence-corrected chi connectivity index (χ3v) is 13.0. The number of ether oxygens (including phenoxy) is 1. The van der Waals surface area contributed by atoms with Gasteiger partial charge in [0.1, 0.15) is 5.82 Å². The molecular formula is C43H51F3N8O6. The van der Waals surface area contributed by atoms with Gasteiger partial charge in [-0.25, -0.2) is 9.88 Å². The molecule has 5 aliphatic rings. The number of rotatable bonds is 11.